The van der Waals surface area contributed by atoms with E-state index in [9.17, 15) is 4.79 Å². The number of benzene rings is 1. The van der Waals surface area contributed by atoms with E-state index in [0.717, 1.165) is 36.0 Å². The van der Waals surface area contributed by atoms with E-state index in [2.05, 4.69) is 21.2 Å². The van der Waals surface area contributed by atoms with Crippen molar-refractivity contribution < 1.29 is 4.79 Å². The molecule has 1 saturated heterocycles. The molecule has 0 radical (unpaired) electrons. The average Bonchev–Trinajstić information content (AvgIpc) is 2.33. The average molecular weight is 319 g/mol. The van der Waals surface area contributed by atoms with E-state index in [-0.39, 0.29) is 18.3 Å². The largest absolute Gasteiger partial charge is 0.317 e. The summed E-state index contributed by atoms with van der Waals surface area (Å²) in [5.41, 5.74) is 1.10. The molecule has 1 aliphatic heterocycles. The molecule has 1 N–H and O–H groups in total. The minimum atomic E-state index is 0. The van der Waals surface area contributed by atoms with Gasteiger partial charge in [0.2, 0.25) is 0 Å². The molecule has 0 aromatic heterocycles. The number of piperidine rings is 1. The number of hydrogen-bond acceptors (Lipinski definition) is 2. The maximum atomic E-state index is 12.1. The van der Waals surface area contributed by atoms with Gasteiger partial charge in [-0.3, -0.25) is 4.79 Å². The van der Waals surface area contributed by atoms with Gasteiger partial charge in [0.05, 0.1) is 0 Å². The molecule has 1 aromatic carbocycles. The van der Waals surface area contributed by atoms with Crippen molar-refractivity contribution in [2.24, 2.45) is 5.92 Å². The van der Waals surface area contributed by atoms with Gasteiger partial charge in [-0.15, -0.1) is 12.4 Å². The molecular formula is C13H17BrClNO. The van der Waals surface area contributed by atoms with Gasteiger partial charge in [0, 0.05) is 16.8 Å². The fourth-order valence-electron chi connectivity index (χ4n) is 2.12. The first-order valence-corrected chi connectivity index (χ1v) is 6.53. The second kappa shape index (κ2) is 7.14. The highest BCUT2D eigenvalue weighted by Gasteiger charge is 2.21. The molecule has 17 heavy (non-hydrogen) atoms. The Bertz CT molecular complexity index is 377. The van der Waals surface area contributed by atoms with Gasteiger partial charge in [0.1, 0.15) is 5.78 Å². The molecule has 0 atom stereocenters. The molecule has 0 bridgehead atoms. The van der Waals surface area contributed by atoms with Gasteiger partial charge in [-0.2, -0.15) is 0 Å². The molecule has 0 aliphatic carbocycles. The minimum absolute atomic E-state index is 0. The molecule has 0 unspecified atom stereocenters. The maximum absolute atomic E-state index is 12.1. The van der Waals surface area contributed by atoms with Crippen molar-refractivity contribution in [1.29, 1.82) is 0 Å². The summed E-state index contributed by atoms with van der Waals surface area (Å²) in [6.07, 6.45) is 2.54. The lowest BCUT2D eigenvalue weighted by Crippen LogP contribution is -2.32. The number of carbonyl (C=O) groups is 1. The Hall–Kier alpha value is -0.380. The van der Waals surface area contributed by atoms with E-state index in [1.807, 2.05) is 24.3 Å². The van der Waals surface area contributed by atoms with Gasteiger partial charge in [0.15, 0.2) is 0 Å². The van der Waals surface area contributed by atoms with Gasteiger partial charge >= 0.3 is 0 Å². The molecule has 4 heteroatoms. The third-order valence-corrected chi connectivity index (χ3v) is 3.89. The number of hydrogen-bond donors (Lipinski definition) is 1. The van der Waals surface area contributed by atoms with Crippen LogP contribution in [0.1, 0.15) is 18.4 Å². The number of Topliss-reactive ketones (excluding diaryl/α,β-unsaturated/α-hetero) is 1. The first-order chi connectivity index (χ1) is 7.77. The molecule has 1 fully saturated rings. The number of nitrogens with one attached hydrogen (secondary N) is 1. The fourth-order valence-corrected chi connectivity index (χ4v) is 2.54. The Morgan fingerprint density at radius 2 is 1.94 bits per heavy atom. The predicted molar refractivity (Wildman–Crippen MR) is 75.7 cm³/mol. The Kier molecular flexibility index (Phi) is 6.17. The molecular weight excluding hydrogens is 302 g/mol. The van der Waals surface area contributed by atoms with Crippen LogP contribution in [0, 0.1) is 5.92 Å². The van der Waals surface area contributed by atoms with Crippen molar-refractivity contribution in [3.05, 3.63) is 34.3 Å². The molecule has 94 valence electrons. The molecule has 1 heterocycles. The van der Waals surface area contributed by atoms with Crippen molar-refractivity contribution in [1.82, 2.24) is 5.32 Å². The summed E-state index contributed by atoms with van der Waals surface area (Å²) >= 11 is 3.48. The van der Waals surface area contributed by atoms with Crippen LogP contribution in [0.2, 0.25) is 0 Å². The normalized spacial score (nSPS) is 16.3. The standard InChI is InChI=1S/C13H16BrNO.ClH/c14-12-4-2-1-3-11(12)9-13(16)10-5-7-15-8-6-10;/h1-4,10,15H,5-9H2;1H. The summed E-state index contributed by atoms with van der Waals surface area (Å²) < 4.78 is 1.04. The van der Waals surface area contributed by atoms with Crippen molar-refractivity contribution in [2.75, 3.05) is 13.1 Å². The summed E-state index contributed by atoms with van der Waals surface area (Å²) in [6, 6.07) is 7.96. The smallest absolute Gasteiger partial charge is 0.140 e. The monoisotopic (exact) mass is 317 g/mol. The lowest BCUT2D eigenvalue weighted by atomic mass is 9.90. The van der Waals surface area contributed by atoms with Crippen molar-refractivity contribution in [3.63, 3.8) is 0 Å². The van der Waals surface area contributed by atoms with Crippen LogP contribution in [0.25, 0.3) is 0 Å². The van der Waals surface area contributed by atoms with Gasteiger partial charge in [-0.25, -0.2) is 0 Å². The van der Waals surface area contributed by atoms with E-state index < -0.39 is 0 Å². The summed E-state index contributed by atoms with van der Waals surface area (Å²) in [5.74, 6) is 0.641. The minimum Gasteiger partial charge on any atom is -0.317 e. The molecule has 1 aliphatic rings. The topological polar surface area (TPSA) is 29.1 Å². The molecule has 2 rings (SSSR count). The predicted octanol–water partition coefficient (Wildman–Crippen LogP) is 2.98. The first-order valence-electron chi connectivity index (χ1n) is 5.74. The van der Waals surface area contributed by atoms with Crippen molar-refractivity contribution >= 4 is 34.1 Å². The highest BCUT2D eigenvalue weighted by Crippen LogP contribution is 2.20. The van der Waals surface area contributed by atoms with Crippen LogP contribution in [0.3, 0.4) is 0 Å². The third-order valence-electron chi connectivity index (χ3n) is 3.12. The summed E-state index contributed by atoms with van der Waals surface area (Å²) in [4.78, 5) is 12.1. The van der Waals surface area contributed by atoms with Crippen LogP contribution < -0.4 is 5.32 Å². The zero-order chi connectivity index (χ0) is 11.4. The second-order valence-corrected chi connectivity index (χ2v) is 5.11. The molecule has 0 saturated carbocycles. The van der Waals surface area contributed by atoms with E-state index in [0.29, 0.717) is 12.2 Å². The zero-order valence-electron chi connectivity index (χ0n) is 9.62. The van der Waals surface area contributed by atoms with Crippen LogP contribution >= 0.6 is 28.3 Å². The first kappa shape index (κ1) is 14.7. The van der Waals surface area contributed by atoms with Crippen LogP contribution in [-0.4, -0.2) is 18.9 Å². The molecule has 1 aromatic rings. The Labute approximate surface area is 117 Å². The summed E-state index contributed by atoms with van der Waals surface area (Å²) in [7, 11) is 0. The van der Waals surface area contributed by atoms with Crippen molar-refractivity contribution in [3.8, 4) is 0 Å². The van der Waals surface area contributed by atoms with E-state index >= 15 is 0 Å². The third kappa shape index (κ3) is 4.09. The summed E-state index contributed by atoms with van der Waals surface area (Å²) in [5, 5.41) is 3.28. The highest BCUT2D eigenvalue weighted by molar-refractivity contribution is 9.10. The summed E-state index contributed by atoms with van der Waals surface area (Å²) in [6.45, 7) is 1.96. The van der Waals surface area contributed by atoms with Gasteiger partial charge in [0.25, 0.3) is 0 Å². The van der Waals surface area contributed by atoms with Crippen molar-refractivity contribution in [2.45, 2.75) is 19.3 Å². The Morgan fingerprint density at radius 1 is 1.29 bits per heavy atom. The van der Waals surface area contributed by atoms with Crippen LogP contribution in [-0.2, 0) is 11.2 Å². The maximum Gasteiger partial charge on any atom is 0.140 e. The quantitative estimate of drug-likeness (QED) is 0.928. The highest BCUT2D eigenvalue weighted by atomic mass is 79.9. The number of rotatable bonds is 3. The number of halogens is 2. The van der Waals surface area contributed by atoms with E-state index in [4.69, 9.17) is 0 Å². The van der Waals surface area contributed by atoms with Crippen LogP contribution in [0.4, 0.5) is 0 Å². The van der Waals surface area contributed by atoms with Gasteiger partial charge < -0.3 is 5.32 Å². The van der Waals surface area contributed by atoms with E-state index in [1.165, 1.54) is 0 Å². The Morgan fingerprint density at radius 3 is 2.59 bits per heavy atom. The SMILES string of the molecule is Cl.O=C(Cc1ccccc1Br)C1CCNCC1. The second-order valence-electron chi connectivity index (χ2n) is 4.26. The van der Waals surface area contributed by atoms with Gasteiger partial charge in [-0.05, 0) is 37.6 Å². The van der Waals surface area contributed by atoms with E-state index in [1.54, 1.807) is 0 Å². The lowest BCUT2D eigenvalue weighted by molar-refractivity contribution is -0.122. The zero-order valence-corrected chi connectivity index (χ0v) is 12.0. The number of carbonyl (C=O) groups excluding carboxylic acids is 1. The van der Waals surface area contributed by atoms with Crippen LogP contribution in [0.15, 0.2) is 28.7 Å². The number of ketones is 1. The van der Waals surface area contributed by atoms with Crippen LogP contribution in [0.5, 0.6) is 0 Å². The Balaban J connectivity index is 0.00000144. The fraction of sp³-hybridized carbons (Fsp3) is 0.462. The molecule has 2 nitrogen and oxygen atoms in total. The molecule has 0 spiro atoms. The lowest BCUT2D eigenvalue weighted by Gasteiger charge is -2.21. The molecule has 0 amide bonds. The van der Waals surface area contributed by atoms with Gasteiger partial charge in [-0.1, -0.05) is 34.1 Å².